The fourth-order valence-corrected chi connectivity index (χ4v) is 3.84. The van der Waals surface area contributed by atoms with Gasteiger partial charge in [-0.1, -0.05) is 35.9 Å². The lowest BCUT2D eigenvalue weighted by Gasteiger charge is -2.16. The van der Waals surface area contributed by atoms with Gasteiger partial charge in [0.15, 0.2) is 11.5 Å². The average Bonchev–Trinajstić information content (AvgIpc) is 3.07. The van der Waals surface area contributed by atoms with Crippen molar-refractivity contribution in [3.63, 3.8) is 0 Å². The van der Waals surface area contributed by atoms with E-state index in [0.29, 0.717) is 39.2 Å². The van der Waals surface area contributed by atoms with Crippen LogP contribution < -0.4 is 24.4 Å². The number of para-hydroxylation sites is 1. The van der Waals surface area contributed by atoms with Gasteiger partial charge >= 0.3 is 0 Å². The third kappa shape index (κ3) is 4.10. The molecule has 4 rings (SSSR count). The summed E-state index contributed by atoms with van der Waals surface area (Å²) in [7, 11) is 4.57. The molecule has 0 saturated carbocycles. The number of hydrogen-bond donors (Lipinski definition) is 1. The van der Waals surface area contributed by atoms with Crippen LogP contribution >= 0.6 is 11.6 Å². The minimum Gasteiger partial charge on any atom is -0.496 e. The maximum Gasteiger partial charge on any atom is 0.282 e. The molecule has 0 radical (unpaired) electrons. The molecule has 7 nitrogen and oxygen atoms in total. The summed E-state index contributed by atoms with van der Waals surface area (Å²) in [6, 6.07) is 18.7. The maximum atomic E-state index is 13.6. The lowest BCUT2D eigenvalue weighted by Crippen LogP contribution is -2.32. The molecule has 168 valence electrons. The van der Waals surface area contributed by atoms with Crippen LogP contribution in [0.25, 0.3) is 5.57 Å². The maximum absolute atomic E-state index is 13.6. The third-order valence-corrected chi connectivity index (χ3v) is 5.41. The summed E-state index contributed by atoms with van der Waals surface area (Å²) in [6.07, 6.45) is 0. The zero-order valence-corrected chi connectivity index (χ0v) is 19.0. The van der Waals surface area contributed by atoms with E-state index in [9.17, 15) is 9.59 Å². The van der Waals surface area contributed by atoms with Crippen LogP contribution in [-0.4, -0.2) is 33.1 Å². The molecule has 33 heavy (non-hydrogen) atoms. The monoisotopic (exact) mass is 464 g/mol. The van der Waals surface area contributed by atoms with Crippen molar-refractivity contribution >= 4 is 40.4 Å². The van der Waals surface area contributed by atoms with Crippen LogP contribution in [0.5, 0.6) is 17.2 Å². The van der Waals surface area contributed by atoms with Crippen molar-refractivity contribution in [1.29, 1.82) is 0 Å². The molecule has 0 atom stereocenters. The summed E-state index contributed by atoms with van der Waals surface area (Å²) >= 11 is 6.12. The topological polar surface area (TPSA) is 77.1 Å². The van der Waals surface area contributed by atoms with Crippen LogP contribution in [0, 0.1) is 0 Å². The van der Waals surface area contributed by atoms with Crippen LogP contribution in [0.4, 0.5) is 11.4 Å². The molecule has 0 aliphatic carbocycles. The first-order valence-electron chi connectivity index (χ1n) is 9.99. The molecule has 1 N–H and O–H groups in total. The lowest BCUT2D eigenvalue weighted by atomic mass is 10.0. The van der Waals surface area contributed by atoms with E-state index in [0.717, 1.165) is 4.90 Å². The van der Waals surface area contributed by atoms with Gasteiger partial charge in [-0.2, -0.15) is 0 Å². The quantitative estimate of drug-likeness (QED) is 0.508. The summed E-state index contributed by atoms with van der Waals surface area (Å²) in [6.45, 7) is 0. The molecule has 0 saturated heterocycles. The van der Waals surface area contributed by atoms with Gasteiger partial charge in [0.05, 0.1) is 32.6 Å². The van der Waals surface area contributed by atoms with E-state index in [1.165, 1.54) is 21.3 Å². The van der Waals surface area contributed by atoms with Crippen molar-refractivity contribution in [2.45, 2.75) is 0 Å². The second kappa shape index (κ2) is 9.26. The number of amides is 2. The zero-order valence-electron chi connectivity index (χ0n) is 18.2. The Balaban J connectivity index is 1.86. The highest BCUT2D eigenvalue weighted by atomic mass is 35.5. The highest BCUT2D eigenvalue weighted by Gasteiger charge is 2.41. The summed E-state index contributed by atoms with van der Waals surface area (Å²) in [5, 5.41) is 3.52. The number of nitrogens with zero attached hydrogens (tertiary/aromatic N) is 1. The Hall–Kier alpha value is -3.97. The smallest absolute Gasteiger partial charge is 0.282 e. The van der Waals surface area contributed by atoms with Gasteiger partial charge in [-0.25, -0.2) is 4.90 Å². The number of carbonyl (C=O) groups excluding carboxylic acids is 2. The molecule has 8 heteroatoms. The highest BCUT2D eigenvalue weighted by molar-refractivity contribution is 6.46. The Morgan fingerprint density at radius 3 is 2.18 bits per heavy atom. The Labute approximate surface area is 196 Å². The number of ether oxygens (including phenoxy) is 3. The number of carbonyl (C=O) groups is 2. The Morgan fingerprint density at radius 2 is 1.48 bits per heavy atom. The number of imide groups is 1. The van der Waals surface area contributed by atoms with E-state index in [-0.39, 0.29) is 11.3 Å². The largest absolute Gasteiger partial charge is 0.496 e. The third-order valence-electron chi connectivity index (χ3n) is 5.18. The van der Waals surface area contributed by atoms with E-state index >= 15 is 0 Å². The average molecular weight is 465 g/mol. The van der Waals surface area contributed by atoms with E-state index < -0.39 is 11.8 Å². The van der Waals surface area contributed by atoms with E-state index in [1.807, 2.05) is 0 Å². The molecule has 0 aromatic heterocycles. The molecule has 3 aromatic carbocycles. The van der Waals surface area contributed by atoms with Gasteiger partial charge < -0.3 is 19.5 Å². The Bertz CT molecular complexity index is 1270. The number of halogens is 1. The SMILES string of the molecule is COc1ccc(NC2=C(c3ccccc3OC)C(=O)N(c3cccc(Cl)c3)C2=O)cc1OC. The van der Waals surface area contributed by atoms with E-state index in [2.05, 4.69) is 5.32 Å². The van der Waals surface area contributed by atoms with Crippen LogP contribution in [0.3, 0.4) is 0 Å². The van der Waals surface area contributed by atoms with Gasteiger partial charge in [-0.05, 0) is 36.4 Å². The van der Waals surface area contributed by atoms with Crippen molar-refractivity contribution in [2.24, 2.45) is 0 Å². The van der Waals surface area contributed by atoms with Crippen molar-refractivity contribution in [2.75, 3.05) is 31.5 Å². The molecule has 1 aliphatic heterocycles. The van der Waals surface area contributed by atoms with Gasteiger partial charge in [0, 0.05) is 22.3 Å². The minimum absolute atomic E-state index is 0.108. The van der Waals surface area contributed by atoms with E-state index in [1.54, 1.807) is 66.7 Å². The summed E-state index contributed by atoms with van der Waals surface area (Å²) in [5.41, 5.74) is 1.70. The molecular formula is C25H21ClN2O5. The normalized spacial score (nSPS) is 13.4. The fraction of sp³-hybridized carbons (Fsp3) is 0.120. The van der Waals surface area contributed by atoms with Gasteiger partial charge in [-0.15, -0.1) is 0 Å². The standard InChI is InChI=1S/C25H21ClN2O5/c1-31-19-10-5-4-9-18(19)22-23(27-16-11-12-20(32-2)21(14-16)33-3)25(30)28(24(22)29)17-8-6-7-15(26)13-17/h4-14,27H,1-3H3. The van der Waals surface area contributed by atoms with Crippen LogP contribution in [0.2, 0.25) is 5.02 Å². The van der Waals surface area contributed by atoms with Gasteiger partial charge in [0.2, 0.25) is 0 Å². The lowest BCUT2D eigenvalue weighted by molar-refractivity contribution is -0.120. The van der Waals surface area contributed by atoms with Crippen LogP contribution in [0.1, 0.15) is 5.56 Å². The van der Waals surface area contributed by atoms with Gasteiger partial charge in [0.25, 0.3) is 11.8 Å². The van der Waals surface area contributed by atoms with E-state index in [4.69, 9.17) is 25.8 Å². The second-order valence-corrected chi connectivity index (χ2v) is 7.51. The zero-order chi connectivity index (χ0) is 23.5. The summed E-state index contributed by atoms with van der Waals surface area (Å²) < 4.78 is 16.1. The molecule has 0 fully saturated rings. The molecule has 2 amide bonds. The Morgan fingerprint density at radius 1 is 0.758 bits per heavy atom. The van der Waals surface area contributed by atoms with Crippen molar-refractivity contribution < 1.29 is 23.8 Å². The Kier molecular flexibility index (Phi) is 6.24. The molecule has 0 spiro atoms. The summed E-state index contributed by atoms with van der Waals surface area (Å²) in [5.74, 6) is 0.475. The van der Waals surface area contributed by atoms with Gasteiger partial charge in [0.1, 0.15) is 11.4 Å². The summed E-state index contributed by atoms with van der Waals surface area (Å²) in [4.78, 5) is 28.2. The highest BCUT2D eigenvalue weighted by Crippen LogP contribution is 2.38. The number of methoxy groups -OCH3 is 3. The number of benzene rings is 3. The fourth-order valence-electron chi connectivity index (χ4n) is 3.65. The second-order valence-electron chi connectivity index (χ2n) is 7.07. The molecule has 0 bridgehead atoms. The first-order valence-corrected chi connectivity index (χ1v) is 10.4. The predicted molar refractivity (Wildman–Crippen MR) is 127 cm³/mol. The molecule has 0 unspecified atom stereocenters. The molecule has 1 aliphatic rings. The number of rotatable bonds is 7. The van der Waals surface area contributed by atoms with Crippen molar-refractivity contribution in [3.8, 4) is 17.2 Å². The number of anilines is 2. The number of hydrogen-bond acceptors (Lipinski definition) is 6. The van der Waals surface area contributed by atoms with Crippen LogP contribution in [-0.2, 0) is 9.59 Å². The molecule has 3 aromatic rings. The van der Waals surface area contributed by atoms with Crippen molar-refractivity contribution in [1.82, 2.24) is 0 Å². The predicted octanol–water partition coefficient (Wildman–Crippen LogP) is 4.76. The van der Waals surface area contributed by atoms with Crippen molar-refractivity contribution in [3.05, 3.63) is 83.0 Å². The molecular weight excluding hydrogens is 444 g/mol. The first kappa shape index (κ1) is 22.2. The molecule has 1 heterocycles. The van der Waals surface area contributed by atoms with Gasteiger partial charge in [-0.3, -0.25) is 9.59 Å². The minimum atomic E-state index is -0.516. The van der Waals surface area contributed by atoms with Crippen LogP contribution in [0.15, 0.2) is 72.4 Å². The first-order chi connectivity index (χ1) is 16.0. The number of nitrogens with one attached hydrogen (secondary N) is 1.